The van der Waals surface area contributed by atoms with Crippen LogP contribution in [0.1, 0.15) is 27.7 Å². The second-order valence-electron chi connectivity index (χ2n) is 7.34. The van der Waals surface area contributed by atoms with Crippen LogP contribution < -0.4 is 10.2 Å². The topological polar surface area (TPSA) is 70.9 Å². The summed E-state index contributed by atoms with van der Waals surface area (Å²) < 4.78 is 26.8. The lowest BCUT2D eigenvalue weighted by Crippen LogP contribution is -3.19. The molecule has 2 rings (SSSR count). The highest BCUT2D eigenvalue weighted by Crippen LogP contribution is 2.14. The van der Waals surface area contributed by atoms with Crippen LogP contribution in [0.4, 0.5) is 0 Å². The van der Waals surface area contributed by atoms with Crippen LogP contribution in [-0.4, -0.2) is 56.4 Å². The van der Waals surface area contributed by atoms with Gasteiger partial charge in [-0.1, -0.05) is 18.2 Å². The molecule has 0 spiro atoms. The van der Waals surface area contributed by atoms with Gasteiger partial charge in [-0.15, -0.1) is 0 Å². The molecule has 0 aromatic heterocycles. The maximum absolute atomic E-state index is 12.6. The number of quaternary nitrogens is 1. The molecule has 7 heteroatoms. The first-order valence-electron chi connectivity index (χ1n) is 8.33. The average Bonchev–Trinajstić information content (AvgIpc) is 2.53. The van der Waals surface area contributed by atoms with Crippen LogP contribution in [0.3, 0.4) is 0 Å². The van der Waals surface area contributed by atoms with Gasteiger partial charge in [0.15, 0.2) is 6.04 Å². The lowest BCUT2D eigenvalue weighted by Gasteiger charge is -2.35. The molecule has 1 aromatic carbocycles. The average molecular weight is 354 g/mol. The Labute approximate surface area is 144 Å². The SMILES string of the molecule is C[C@@H](C(=O)NC(C)(C)C)[NH+]1CCN(S(=O)(=O)c2ccccc2)CC1. The summed E-state index contributed by atoms with van der Waals surface area (Å²) in [5.74, 6) is 0.0110. The molecule has 1 fully saturated rings. The molecule has 0 aliphatic carbocycles. The molecule has 2 N–H and O–H groups in total. The number of hydrogen-bond acceptors (Lipinski definition) is 3. The smallest absolute Gasteiger partial charge is 0.278 e. The van der Waals surface area contributed by atoms with Gasteiger partial charge in [-0.05, 0) is 39.8 Å². The van der Waals surface area contributed by atoms with Crippen molar-refractivity contribution in [2.45, 2.75) is 44.2 Å². The number of nitrogens with zero attached hydrogens (tertiary/aromatic N) is 1. The zero-order chi connectivity index (χ0) is 18.0. The molecule has 1 amide bonds. The quantitative estimate of drug-likeness (QED) is 0.792. The van der Waals surface area contributed by atoms with E-state index in [4.69, 9.17) is 0 Å². The van der Waals surface area contributed by atoms with E-state index in [2.05, 4.69) is 5.32 Å². The number of hydrogen-bond donors (Lipinski definition) is 2. The lowest BCUT2D eigenvalue weighted by molar-refractivity contribution is -0.917. The summed E-state index contributed by atoms with van der Waals surface area (Å²) in [5, 5.41) is 2.99. The number of sulfonamides is 1. The summed E-state index contributed by atoms with van der Waals surface area (Å²) in [6.07, 6.45) is 0. The summed E-state index contributed by atoms with van der Waals surface area (Å²) in [4.78, 5) is 13.7. The summed E-state index contributed by atoms with van der Waals surface area (Å²) >= 11 is 0. The Morgan fingerprint density at radius 3 is 2.21 bits per heavy atom. The minimum Gasteiger partial charge on any atom is -0.346 e. The molecule has 1 aliphatic rings. The Morgan fingerprint density at radius 2 is 1.71 bits per heavy atom. The standard InChI is InChI=1S/C17H27N3O3S/c1-14(16(21)18-17(2,3)4)19-10-12-20(13-11-19)24(22,23)15-8-6-5-7-9-15/h5-9,14H,10-13H2,1-4H3,(H,18,21)/p+1/t14-/m0/s1. The van der Waals surface area contributed by atoms with Crippen LogP contribution in [0, 0.1) is 0 Å². The van der Waals surface area contributed by atoms with Gasteiger partial charge in [-0.25, -0.2) is 8.42 Å². The van der Waals surface area contributed by atoms with Crippen LogP contribution in [0.5, 0.6) is 0 Å². The molecular weight excluding hydrogens is 326 g/mol. The fourth-order valence-corrected chi connectivity index (χ4v) is 4.31. The van der Waals surface area contributed by atoms with Gasteiger partial charge in [0, 0.05) is 5.54 Å². The van der Waals surface area contributed by atoms with E-state index in [1.807, 2.05) is 27.7 Å². The van der Waals surface area contributed by atoms with Crippen LogP contribution in [0.2, 0.25) is 0 Å². The molecule has 1 saturated heterocycles. The highest BCUT2D eigenvalue weighted by Gasteiger charge is 2.35. The van der Waals surface area contributed by atoms with Crippen LogP contribution in [0.15, 0.2) is 35.2 Å². The van der Waals surface area contributed by atoms with E-state index >= 15 is 0 Å². The molecule has 134 valence electrons. The number of carbonyl (C=O) groups excluding carboxylic acids is 1. The van der Waals surface area contributed by atoms with Gasteiger partial charge in [-0.3, -0.25) is 4.79 Å². The van der Waals surface area contributed by atoms with Crippen LogP contribution in [-0.2, 0) is 14.8 Å². The molecule has 0 bridgehead atoms. The largest absolute Gasteiger partial charge is 0.346 e. The summed E-state index contributed by atoms with van der Waals surface area (Å²) in [7, 11) is -3.44. The number of nitrogens with one attached hydrogen (secondary N) is 2. The predicted octanol–water partition coefficient (Wildman–Crippen LogP) is -0.121. The third-order valence-electron chi connectivity index (χ3n) is 4.25. The van der Waals surface area contributed by atoms with Gasteiger partial charge in [0.2, 0.25) is 10.0 Å². The second-order valence-corrected chi connectivity index (χ2v) is 9.27. The van der Waals surface area contributed by atoms with Gasteiger partial charge in [0.1, 0.15) is 0 Å². The molecule has 0 radical (unpaired) electrons. The minimum atomic E-state index is -3.44. The van der Waals surface area contributed by atoms with Crippen molar-refractivity contribution in [1.29, 1.82) is 0 Å². The molecule has 1 aromatic rings. The van der Waals surface area contributed by atoms with E-state index in [9.17, 15) is 13.2 Å². The molecule has 0 saturated carbocycles. The molecule has 1 aliphatic heterocycles. The zero-order valence-corrected chi connectivity index (χ0v) is 15.7. The zero-order valence-electron chi connectivity index (χ0n) is 14.9. The molecule has 6 nitrogen and oxygen atoms in total. The van der Waals surface area contributed by atoms with Crippen molar-refractivity contribution < 1.29 is 18.1 Å². The van der Waals surface area contributed by atoms with E-state index in [0.29, 0.717) is 31.1 Å². The molecule has 24 heavy (non-hydrogen) atoms. The second kappa shape index (κ2) is 7.21. The van der Waals surface area contributed by atoms with Crippen molar-refractivity contribution in [1.82, 2.24) is 9.62 Å². The first-order chi connectivity index (χ1) is 11.1. The number of carbonyl (C=O) groups is 1. The summed E-state index contributed by atoms with van der Waals surface area (Å²) in [6.45, 7) is 9.89. The van der Waals surface area contributed by atoms with E-state index in [1.54, 1.807) is 30.3 Å². The summed E-state index contributed by atoms with van der Waals surface area (Å²) in [5.41, 5.74) is -0.261. The van der Waals surface area contributed by atoms with Gasteiger partial charge >= 0.3 is 0 Å². The normalized spacial score (nSPS) is 19.0. The van der Waals surface area contributed by atoms with E-state index in [0.717, 1.165) is 4.90 Å². The Bertz CT molecular complexity index is 660. The van der Waals surface area contributed by atoms with Crippen LogP contribution in [0.25, 0.3) is 0 Å². The van der Waals surface area contributed by atoms with Gasteiger partial charge in [-0.2, -0.15) is 4.31 Å². The fourth-order valence-electron chi connectivity index (χ4n) is 2.85. The Hall–Kier alpha value is -1.44. The number of amides is 1. The third-order valence-corrected chi connectivity index (χ3v) is 6.16. The maximum Gasteiger partial charge on any atom is 0.278 e. The number of benzene rings is 1. The monoisotopic (exact) mass is 354 g/mol. The van der Waals surface area contributed by atoms with Crippen molar-refractivity contribution in [3.63, 3.8) is 0 Å². The predicted molar refractivity (Wildman–Crippen MR) is 93.3 cm³/mol. The highest BCUT2D eigenvalue weighted by molar-refractivity contribution is 7.89. The fraction of sp³-hybridized carbons (Fsp3) is 0.588. The Kier molecular flexibility index (Phi) is 5.67. The van der Waals surface area contributed by atoms with E-state index < -0.39 is 10.0 Å². The highest BCUT2D eigenvalue weighted by atomic mass is 32.2. The Balaban J connectivity index is 1.97. The first kappa shape index (κ1) is 18.9. The van der Waals surface area contributed by atoms with E-state index in [1.165, 1.54) is 4.31 Å². The van der Waals surface area contributed by atoms with Crippen LogP contribution >= 0.6 is 0 Å². The lowest BCUT2D eigenvalue weighted by atomic mass is 10.1. The molecule has 0 unspecified atom stereocenters. The van der Waals surface area contributed by atoms with Crippen molar-refractivity contribution in [3.8, 4) is 0 Å². The maximum atomic E-state index is 12.6. The third kappa shape index (κ3) is 4.55. The minimum absolute atomic E-state index is 0.0110. The Morgan fingerprint density at radius 1 is 1.17 bits per heavy atom. The van der Waals surface area contributed by atoms with Gasteiger partial charge < -0.3 is 10.2 Å². The summed E-state index contributed by atoms with van der Waals surface area (Å²) in [6, 6.07) is 8.31. The number of piperazine rings is 1. The molecule has 1 atom stereocenters. The van der Waals surface area contributed by atoms with Crippen molar-refractivity contribution in [2.24, 2.45) is 0 Å². The van der Waals surface area contributed by atoms with Gasteiger partial charge in [0.05, 0.1) is 31.1 Å². The number of rotatable bonds is 4. The first-order valence-corrected chi connectivity index (χ1v) is 9.77. The van der Waals surface area contributed by atoms with Crippen molar-refractivity contribution >= 4 is 15.9 Å². The van der Waals surface area contributed by atoms with Crippen molar-refractivity contribution in [2.75, 3.05) is 26.2 Å². The van der Waals surface area contributed by atoms with Gasteiger partial charge in [0.25, 0.3) is 5.91 Å². The molecular formula is C17H28N3O3S+. The van der Waals surface area contributed by atoms with E-state index in [-0.39, 0.29) is 17.5 Å². The van der Waals surface area contributed by atoms with Crippen molar-refractivity contribution in [3.05, 3.63) is 30.3 Å². The molecule has 1 heterocycles.